The molecular weight excluding hydrogens is 446 g/mol. The zero-order valence-electron chi connectivity index (χ0n) is 13.1. The molecule has 2 amide bonds. The molecule has 2 rings (SSSR count). The summed E-state index contributed by atoms with van der Waals surface area (Å²) >= 11 is 14.1. The number of furan rings is 1. The van der Waals surface area contributed by atoms with Crippen LogP contribution < -0.4 is 20.9 Å². The van der Waals surface area contributed by atoms with Crippen LogP contribution in [0.1, 0.15) is 5.76 Å². The second-order valence-electron chi connectivity index (χ2n) is 4.70. The number of carbonyl (C=O) groups is 2. The van der Waals surface area contributed by atoms with Crippen LogP contribution in [0.5, 0.6) is 5.75 Å². The molecule has 26 heavy (non-hydrogen) atoms. The summed E-state index contributed by atoms with van der Waals surface area (Å²) in [7, 11) is 0. The van der Waals surface area contributed by atoms with Crippen molar-refractivity contribution in [3.8, 4) is 5.75 Å². The van der Waals surface area contributed by atoms with Gasteiger partial charge in [-0.3, -0.25) is 25.8 Å². The molecule has 136 valence electrons. The fraction of sp³-hybridized carbons (Fsp3) is 0.0625. The van der Waals surface area contributed by atoms with Gasteiger partial charge in [0.15, 0.2) is 11.7 Å². The predicted octanol–water partition coefficient (Wildman–Crippen LogP) is 2.81. The van der Waals surface area contributed by atoms with E-state index < -0.39 is 11.8 Å². The molecule has 0 unspecified atom stereocenters. The fourth-order valence-electron chi connectivity index (χ4n) is 1.63. The number of hydrazine groups is 1. The highest BCUT2D eigenvalue weighted by Gasteiger charge is 2.07. The molecule has 1 aromatic heterocycles. The Hall–Kier alpha value is -2.36. The second-order valence-corrected chi connectivity index (χ2v) is 6.43. The predicted molar refractivity (Wildman–Crippen MR) is 104 cm³/mol. The van der Waals surface area contributed by atoms with Gasteiger partial charge in [0.2, 0.25) is 5.91 Å². The summed E-state index contributed by atoms with van der Waals surface area (Å²) in [5, 5.41) is 2.65. The molecule has 0 saturated carbocycles. The van der Waals surface area contributed by atoms with Gasteiger partial charge < -0.3 is 9.15 Å². The average molecular weight is 459 g/mol. The summed E-state index contributed by atoms with van der Waals surface area (Å²) in [6, 6.07) is 8.40. The quantitative estimate of drug-likeness (QED) is 0.362. The molecule has 3 N–H and O–H groups in total. The number of hydrogen-bond donors (Lipinski definition) is 3. The van der Waals surface area contributed by atoms with E-state index in [0.717, 1.165) is 4.47 Å². The first-order valence-electron chi connectivity index (χ1n) is 7.13. The summed E-state index contributed by atoms with van der Waals surface area (Å²) < 4.78 is 11.1. The molecule has 10 heteroatoms. The van der Waals surface area contributed by atoms with Crippen LogP contribution in [0.2, 0.25) is 5.02 Å². The lowest BCUT2D eigenvalue weighted by molar-refractivity contribution is -0.123. The van der Waals surface area contributed by atoms with Crippen LogP contribution in [0.25, 0.3) is 6.08 Å². The Morgan fingerprint density at radius 3 is 2.81 bits per heavy atom. The number of thiocarbonyl (C=S) groups is 1. The molecule has 7 nitrogen and oxygen atoms in total. The molecule has 0 aliphatic carbocycles. The van der Waals surface area contributed by atoms with E-state index in [0.29, 0.717) is 16.5 Å². The van der Waals surface area contributed by atoms with Gasteiger partial charge >= 0.3 is 0 Å². The van der Waals surface area contributed by atoms with Crippen LogP contribution in [-0.4, -0.2) is 23.5 Å². The van der Waals surface area contributed by atoms with Crippen molar-refractivity contribution in [3.63, 3.8) is 0 Å². The van der Waals surface area contributed by atoms with E-state index in [1.165, 1.54) is 18.4 Å². The first-order chi connectivity index (χ1) is 12.4. The van der Waals surface area contributed by atoms with Crippen molar-refractivity contribution in [2.24, 2.45) is 0 Å². The van der Waals surface area contributed by atoms with Crippen molar-refractivity contribution < 1.29 is 18.7 Å². The normalized spacial score (nSPS) is 10.4. The SMILES string of the molecule is O=C(/C=C/c1ccco1)NC(=S)NNC(=O)COc1ccc(Br)cc1Cl. The van der Waals surface area contributed by atoms with Gasteiger partial charge in [0.1, 0.15) is 11.5 Å². The fourth-order valence-corrected chi connectivity index (χ4v) is 2.51. The number of halogens is 2. The molecular formula is C16H13BrClN3O4S. The summed E-state index contributed by atoms with van der Waals surface area (Å²) in [5.41, 5.74) is 4.68. The minimum atomic E-state index is -0.508. The molecule has 0 spiro atoms. The molecule has 1 aromatic carbocycles. The Bertz CT molecular complexity index is 827. The second kappa shape index (κ2) is 9.95. The molecule has 0 fully saturated rings. The average Bonchev–Trinajstić information content (AvgIpc) is 3.11. The maximum Gasteiger partial charge on any atom is 0.276 e. The number of nitrogens with one attached hydrogen (secondary N) is 3. The molecule has 1 heterocycles. The Kier molecular flexibility index (Phi) is 7.64. The van der Waals surface area contributed by atoms with Crippen molar-refractivity contribution in [2.75, 3.05) is 6.61 Å². The highest BCUT2D eigenvalue weighted by atomic mass is 79.9. The summed E-state index contributed by atoms with van der Waals surface area (Å²) in [6.07, 6.45) is 4.21. The van der Waals surface area contributed by atoms with Crippen molar-refractivity contribution in [2.45, 2.75) is 0 Å². The number of ether oxygens (including phenoxy) is 1. The van der Waals surface area contributed by atoms with E-state index in [2.05, 4.69) is 32.1 Å². The first-order valence-corrected chi connectivity index (χ1v) is 8.71. The summed E-state index contributed by atoms with van der Waals surface area (Å²) in [6.45, 7) is -0.288. The molecule has 0 atom stereocenters. The third-order valence-electron chi connectivity index (χ3n) is 2.75. The zero-order chi connectivity index (χ0) is 18.9. The molecule has 0 aliphatic rings. The van der Waals surface area contributed by atoms with Crippen molar-refractivity contribution >= 4 is 62.8 Å². The van der Waals surface area contributed by atoms with Gasteiger partial charge in [-0.05, 0) is 48.6 Å². The lowest BCUT2D eigenvalue weighted by atomic mass is 10.3. The van der Waals surface area contributed by atoms with Crippen LogP contribution in [-0.2, 0) is 9.59 Å². The highest BCUT2D eigenvalue weighted by molar-refractivity contribution is 9.10. The van der Waals surface area contributed by atoms with E-state index in [1.54, 1.807) is 30.3 Å². The minimum absolute atomic E-state index is 0.0749. The lowest BCUT2D eigenvalue weighted by Gasteiger charge is -2.11. The van der Waals surface area contributed by atoms with Gasteiger partial charge in [-0.1, -0.05) is 27.5 Å². The van der Waals surface area contributed by atoms with Crippen molar-refractivity contribution in [3.05, 3.63) is 57.9 Å². The van der Waals surface area contributed by atoms with Crippen LogP contribution >= 0.6 is 39.7 Å². The number of amides is 2. The minimum Gasteiger partial charge on any atom is -0.482 e. The Morgan fingerprint density at radius 1 is 1.31 bits per heavy atom. The van der Waals surface area contributed by atoms with Gasteiger partial charge in [0.25, 0.3) is 5.91 Å². The summed E-state index contributed by atoms with van der Waals surface area (Å²) in [5.74, 6) is -0.0993. The third-order valence-corrected chi connectivity index (χ3v) is 3.74. The van der Waals surface area contributed by atoms with E-state index >= 15 is 0 Å². The largest absolute Gasteiger partial charge is 0.482 e. The van der Waals surface area contributed by atoms with Crippen molar-refractivity contribution in [1.82, 2.24) is 16.2 Å². The topological polar surface area (TPSA) is 92.6 Å². The molecule has 0 aliphatic heterocycles. The molecule has 2 aromatic rings. The lowest BCUT2D eigenvalue weighted by Crippen LogP contribution is -2.49. The van der Waals surface area contributed by atoms with E-state index in [9.17, 15) is 9.59 Å². The first kappa shape index (κ1) is 20.0. The summed E-state index contributed by atoms with van der Waals surface area (Å²) in [4.78, 5) is 23.4. The molecule has 0 bridgehead atoms. The Balaban J connectivity index is 1.69. The maximum atomic E-state index is 11.7. The number of rotatable bonds is 5. The van der Waals surface area contributed by atoms with E-state index in [-0.39, 0.29) is 11.7 Å². The van der Waals surface area contributed by atoms with Gasteiger partial charge in [0.05, 0.1) is 11.3 Å². The van der Waals surface area contributed by atoms with Crippen LogP contribution in [0.15, 0.2) is 51.6 Å². The van der Waals surface area contributed by atoms with E-state index in [4.69, 9.17) is 33.0 Å². The Morgan fingerprint density at radius 2 is 2.12 bits per heavy atom. The van der Waals surface area contributed by atoms with Gasteiger partial charge in [-0.25, -0.2) is 0 Å². The van der Waals surface area contributed by atoms with Crippen LogP contribution in [0.4, 0.5) is 0 Å². The monoisotopic (exact) mass is 457 g/mol. The number of carbonyl (C=O) groups excluding carboxylic acids is 2. The highest BCUT2D eigenvalue weighted by Crippen LogP contribution is 2.27. The van der Waals surface area contributed by atoms with Crippen LogP contribution in [0, 0.1) is 0 Å². The number of hydrogen-bond acceptors (Lipinski definition) is 5. The van der Waals surface area contributed by atoms with Gasteiger partial charge in [-0.15, -0.1) is 0 Å². The molecule has 0 radical (unpaired) electrons. The standard InChI is InChI=1S/C16H13BrClN3O4S/c17-10-3-5-13(12(18)8-10)25-9-15(23)20-21-16(26)19-14(22)6-4-11-2-1-7-24-11/h1-8H,9H2,(H,20,23)(H2,19,21,22,26)/b6-4+. The van der Waals surface area contributed by atoms with Gasteiger partial charge in [-0.2, -0.15) is 0 Å². The maximum absolute atomic E-state index is 11.7. The van der Waals surface area contributed by atoms with Crippen molar-refractivity contribution in [1.29, 1.82) is 0 Å². The van der Waals surface area contributed by atoms with E-state index in [1.807, 2.05) is 0 Å². The zero-order valence-corrected chi connectivity index (χ0v) is 16.3. The Labute approximate surface area is 167 Å². The molecule has 0 saturated heterocycles. The number of benzene rings is 1. The third kappa shape index (κ3) is 6.87. The smallest absolute Gasteiger partial charge is 0.276 e. The van der Waals surface area contributed by atoms with Gasteiger partial charge in [0, 0.05) is 10.5 Å². The van der Waals surface area contributed by atoms with Crippen LogP contribution in [0.3, 0.4) is 0 Å².